The number of Topliss-reactive ketones (excluding diaryl/α,β-unsaturated/α-hetero) is 1. The number of hydrogen-bond acceptors (Lipinski definition) is 4. The maximum Gasteiger partial charge on any atom is 0.344 e. The summed E-state index contributed by atoms with van der Waals surface area (Å²) in [6, 6.07) is 14.9. The summed E-state index contributed by atoms with van der Waals surface area (Å²) in [4.78, 5) is 15.4. The minimum absolute atomic E-state index is 0.0686. The van der Waals surface area contributed by atoms with Gasteiger partial charge in [0.05, 0.1) is 0 Å². The van der Waals surface area contributed by atoms with E-state index >= 15 is 0 Å². The second-order valence-electron chi connectivity index (χ2n) is 7.75. The van der Waals surface area contributed by atoms with E-state index in [0.29, 0.717) is 10.6 Å². The number of carbonyl (C=O) groups is 1. The highest BCUT2D eigenvalue weighted by atomic mass is 35.7. The Morgan fingerprint density at radius 2 is 1.65 bits per heavy atom. The molecular formula is C22H22Cl2N2O4S. The summed E-state index contributed by atoms with van der Waals surface area (Å²) in [6.07, 6.45) is 3.99. The molecule has 0 aromatic heterocycles. The fraction of sp³-hybridized carbons (Fsp3) is 0.364. The quantitative estimate of drug-likeness (QED) is 0.437. The molecule has 1 saturated carbocycles. The molecule has 0 radical (unpaired) electrons. The van der Waals surface area contributed by atoms with Crippen molar-refractivity contribution in [3.63, 3.8) is 0 Å². The van der Waals surface area contributed by atoms with Gasteiger partial charge in [-0.05, 0) is 42.7 Å². The highest BCUT2D eigenvalue weighted by Crippen LogP contribution is 2.39. The Morgan fingerprint density at radius 1 is 1.00 bits per heavy atom. The van der Waals surface area contributed by atoms with Gasteiger partial charge in [0.1, 0.15) is 6.04 Å². The van der Waals surface area contributed by atoms with Crippen molar-refractivity contribution in [3.05, 3.63) is 70.7 Å². The second-order valence-corrected chi connectivity index (χ2v) is 10.4. The van der Waals surface area contributed by atoms with Crippen molar-refractivity contribution in [1.29, 1.82) is 0 Å². The normalized spacial score (nSPS) is 23.7. The summed E-state index contributed by atoms with van der Waals surface area (Å²) >= 11 is 6.00. The van der Waals surface area contributed by atoms with E-state index in [9.17, 15) is 13.2 Å². The van der Waals surface area contributed by atoms with Crippen LogP contribution in [0.5, 0.6) is 0 Å². The molecular weight excluding hydrogens is 459 g/mol. The monoisotopic (exact) mass is 480 g/mol. The smallest absolute Gasteiger partial charge is 0.344 e. The Labute approximate surface area is 191 Å². The molecule has 1 heterocycles. The Balaban J connectivity index is 1.83. The minimum Gasteiger partial charge on any atom is -0.453 e. The van der Waals surface area contributed by atoms with Crippen LogP contribution in [0.4, 0.5) is 0 Å². The van der Waals surface area contributed by atoms with Crippen LogP contribution in [0.3, 0.4) is 0 Å². The van der Waals surface area contributed by atoms with Gasteiger partial charge in [0.15, 0.2) is 11.9 Å². The Kier molecular flexibility index (Phi) is 6.55. The van der Waals surface area contributed by atoms with E-state index in [1.54, 1.807) is 29.2 Å². The van der Waals surface area contributed by atoms with Gasteiger partial charge in [-0.15, -0.1) is 0 Å². The molecule has 2 aromatic carbocycles. The highest BCUT2D eigenvalue weighted by molar-refractivity contribution is 8.12. The van der Waals surface area contributed by atoms with Crippen LogP contribution in [0, 0.1) is 0 Å². The maximum absolute atomic E-state index is 13.7. The molecule has 2 fully saturated rings. The molecule has 1 saturated heterocycles. The van der Waals surface area contributed by atoms with Gasteiger partial charge in [-0.2, -0.15) is 8.42 Å². The van der Waals surface area contributed by atoms with Crippen LogP contribution in [0.25, 0.3) is 0 Å². The van der Waals surface area contributed by atoms with Crippen molar-refractivity contribution in [2.75, 3.05) is 0 Å². The van der Waals surface area contributed by atoms with Crippen LogP contribution >= 0.6 is 22.3 Å². The van der Waals surface area contributed by atoms with E-state index in [-0.39, 0.29) is 17.8 Å². The van der Waals surface area contributed by atoms with Crippen molar-refractivity contribution in [2.45, 2.75) is 50.3 Å². The van der Waals surface area contributed by atoms with E-state index in [1.165, 1.54) is 0 Å². The van der Waals surface area contributed by atoms with Gasteiger partial charge in [-0.1, -0.05) is 65.6 Å². The van der Waals surface area contributed by atoms with Gasteiger partial charge in [0.25, 0.3) is 0 Å². The molecule has 9 heteroatoms. The molecule has 1 aliphatic heterocycles. The van der Waals surface area contributed by atoms with Gasteiger partial charge >= 0.3 is 15.3 Å². The zero-order chi connectivity index (χ0) is 22.0. The zero-order valence-electron chi connectivity index (χ0n) is 16.7. The summed E-state index contributed by atoms with van der Waals surface area (Å²) in [7, 11) is 1.21. The first-order valence-electron chi connectivity index (χ1n) is 10.2. The van der Waals surface area contributed by atoms with Gasteiger partial charge in [-0.25, -0.2) is 0 Å². The van der Waals surface area contributed by atoms with Gasteiger partial charge in [-0.3, -0.25) is 4.79 Å². The second kappa shape index (κ2) is 9.18. The lowest BCUT2D eigenvalue weighted by molar-refractivity contribution is 0.0785. The molecule has 1 aliphatic carbocycles. The summed E-state index contributed by atoms with van der Waals surface area (Å²) in [5.41, 5.74) is 1.22. The van der Waals surface area contributed by atoms with Crippen molar-refractivity contribution in [3.8, 4) is 0 Å². The van der Waals surface area contributed by atoms with Crippen LogP contribution in [0.1, 0.15) is 54.1 Å². The predicted molar refractivity (Wildman–Crippen MR) is 121 cm³/mol. The molecule has 2 atom stereocenters. The van der Waals surface area contributed by atoms with Crippen LogP contribution in [-0.4, -0.2) is 37.2 Å². The van der Waals surface area contributed by atoms with Crippen LogP contribution in [-0.2, 0) is 14.0 Å². The third kappa shape index (κ3) is 5.05. The molecule has 0 amide bonds. The Bertz CT molecular complexity index is 1070. The number of amidine groups is 1. The molecule has 2 aromatic rings. The largest absolute Gasteiger partial charge is 0.453 e. The van der Waals surface area contributed by atoms with Crippen molar-refractivity contribution in [1.82, 2.24) is 4.90 Å². The fourth-order valence-electron chi connectivity index (χ4n) is 4.35. The zero-order valence-corrected chi connectivity index (χ0v) is 19.0. The van der Waals surface area contributed by atoms with E-state index in [4.69, 9.17) is 27.0 Å². The van der Waals surface area contributed by atoms with Crippen LogP contribution in [0.15, 0.2) is 59.0 Å². The average Bonchev–Trinajstić information content (AvgIpc) is 3.12. The molecule has 0 spiro atoms. The van der Waals surface area contributed by atoms with Gasteiger partial charge in [0.2, 0.25) is 0 Å². The average molecular weight is 481 g/mol. The van der Waals surface area contributed by atoms with Crippen LogP contribution in [0.2, 0.25) is 5.02 Å². The lowest BCUT2D eigenvalue weighted by atomic mass is 9.89. The summed E-state index contributed by atoms with van der Waals surface area (Å²) < 4.78 is 33.3. The third-order valence-corrected chi connectivity index (χ3v) is 6.55. The number of rotatable bonds is 5. The van der Waals surface area contributed by atoms with E-state index in [1.807, 2.05) is 30.3 Å². The third-order valence-electron chi connectivity index (χ3n) is 5.72. The number of benzene rings is 2. The van der Waals surface area contributed by atoms with Gasteiger partial charge < -0.3 is 9.64 Å². The number of hydrogen-bond donors (Lipinski definition) is 0. The molecule has 2 unspecified atom stereocenters. The molecule has 164 valence electrons. The lowest BCUT2D eigenvalue weighted by Gasteiger charge is -2.34. The van der Waals surface area contributed by atoms with Crippen LogP contribution < -0.4 is 0 Å². The molecule has 2 aliphatic rings. The Hall–Kier alpha value is -2.09. The summed E-state index contributed by atoms with van der Waals surface area (Å²) in [5, 5.41) is 0.526. The first-order chi connectivity index (χ1) is 14.8. The van der Waals surface area contributed by atoms with Gasteiger partial charge in [0, 0.05) is 27.3 Å². The SMILES string of the molecule is O=C(c1ccc(Cl)cc1)C1C(c2ccccc2)O/C(=N\S(=O)(=O)Cl)N1C1CCCCC1. The fourth-order valence-corrected chi connectivity index (χ4v) is 4.98. The number of ether oxygens (including phenoxy) is 1. The maximum atomic E-state index is 13.7. The molecule has 4 rings (SSSR count). The molecule has 6 nitrogen and oxygen atoms in total. The predicted octanol–water partition coefficient (Wildman–Crippen LogP) is 5.14. The van der Waals surface area contributed by atoms with Crippen molar-refractivity contribution in [2.24, 2.45) is 4.40 Å². The summed E-state index contributed by atoms with van der Waals surface area (Å²) in [5.74, 6) is -0.187. The topological polar surface area (TPSA) is 76.0 Å². The van der Waals surface area contributed by atoms with Crippen molar-refractivity contribution < 1.29 is 17.9 Å². The van der Waals surface area contributed by atoms with E-state index in [2.05, 4.69) is 4.40 Å². The first kappa shape index (κ1) is 22.1. The highest BCUT2D eigenvalue weighted by Gasteiger charge is 2.49. The molecule has 31 heavy (non-hydrogen) atoms. The molecule has 0 N–H and O–H groups in total. The lowest BCUT2D eigenvalue weighted by Crippen LogP contribution is -2.48. The first-order valence-corrected chi connectivity index (χ1v) is 12.8. The molecule has 0 bridgehead atoms. The summed E-state index contributed by atoms with van der Waals surface area (Å²) in [6.45, 7) is 0. The van der Waals surface area contributed by atoms with E-state index in [0.717, 1.165) is 37.7 Å². The minimum atomic E-state index is -4.24. The Morgan fingerprint density at radius 3 is 2.26 bits per heavy atom. The van der Waals surface area contributed by atoms with Crippen molar-refractivity contribution >= 4 is 43.3 Å². The number of nitrogens with zero attached hydrogens (tertiary/aromatic N) is 2. The standard InChI is InChI=1S/C22H22Cl2N2O4S/c23-17-13-11-15(12-14-17)20(27)19-21(16-7-3-1-4-8-16)30-22(25-31(24,28)29)26(19)18-9-5-2-6-10-18/h1,3-4,7-8,11-14,18-19,21H,2,5-6,9-10H2/b25-22-. The van der Waals surface area contributed by atoms with E-state index < -0.39 is 21.4 Å². The number of ketones is 1. The number of halogens is 2. The number of carbonyl (C=O) groups excluding carboxylic acids is 1.